The van der Waals surface area contributed by atoms with Crippen LogP contribution in [0.15, 0.2) is 35.7 Å². The van der Waals surface area contributed by atoms with Gasteiger partial charge in [0.2, 0.25) is 0 Å². The van der Waals surface area contributed by atoms with E-state index in [1.54, 1.807) is 11.8 Å². The van der Waals surface area contributed by atoms with Gasteiger partial charge in [0.1, 0.15) is 6.33 Å². The molecule has 1 atom stereocenters. The highest BCUT2D eigenvalue weighted by Crippen LogP contribution is 2.21. The molecule has 1 saturated heterocycles. The summed E-state index contributed by atoms with van der Waals surface area (Å²) in [7, 11) is 1.97. The zero-order chi connectivity index (χ0) is 16.8. The van der Waals surface area contributed by atoms with Crippen LogP contribution in [-0.4, -0.2) is 52.7 Å². The van der Waals surface area contributed by atoms with Crippen molar-refractivity contribution in [2.24, 2.45) is 5.92 Å². The summed E-state index contributed by atoms with van der Waals surface area (Å²) in [5.74, 6) is 1.51. The molecule has 0 saturated carbocycles. The Morgan fingerprint density at radius 1 is 1.35 bits per heavy atom. The Balaban J connectivity index is 0.00000169. The van der Waals surface area contributed by atoms with Crippen molar-refractivity contribution in [3.8, 4) is 0 Å². The van der Waals surface area contributed by atoms with Crippen molar-refractivity contribution in [1.82, 2.24) is 25.4 Å². The first-order chi connectivity index (χ1) is 11.8. The maximum Gasteiger partial charge on any atom is 0.253 e. The molecule has 1 amide bonds. The molecule has 1 aromatic heterocycles. The summed E-state index contributed by atoms with van der Waals surface area (Å²) in [6.45, 7) is 2.69. The molecule has 0 spiro atoms. The number of H-pyrrole nitrogens is 1. The quantitative estimate of drug-likeness (QED) is 0.706. The number of aromatic nitrogens is 3. The predicted octanol–water partition coefficient (Wildman–Crippen LogP) is 3.01. The van der Waals surface area contributed by atoms with E-state index in [2.05, 4.69) is 20.5 Å². The van der Waals surface area contributed by atoms with Crippen LogP contribution in [-0.2, 0) is 5.75 Å². The minimum Gasteiger partial charge on any atom is -0.338 e. The van der Waals surface area contributed by atoms with Crippen LogP contribution in [0.4, 0.5) is 0 Å². The van der Waals surface area contributed by atoms with E-state index in [0.29, 0.717) is 5.92 Å². The lowest BCUT2D eigenvalue weighted by molar-refractivity contribution is 0.0674. The number of aromatic amines is 1. The summed E-state index contributed by atoms with van der Waals surface area (Å²) in [6.07, 6.45) is 3.79. The van der Waals surface area contributed by atoms with Gasteiger partial charge in [0.05, 0.1) is 0 Å². The van der Waals surface area contributed by atoms with E-state index >= 15 is 0 Å². The minimum atomic E-state index is 0. The lowest BCUT2D eigenvalue weighted by Gasteiger charge is -2.32. The second kappa shape index (κ2) is 11.4. The van der Waals surface area contributed by atoms with Gasteiger partial charge in [0, 0.05) is 24.4 Å². The number of amides is 1. The van der Waals surface area contributed by atoms with Gasteiger partial charge in [-0.1, -0.05) is 23.9 Å². The smallest absolute Gasteiger partial charge is 0.253 e. The van der Waals surface area contributed by atoms with Crippen LogP contribution >= 0.6 is 36.6 Å². The molecule has 1 aliphatic heterocycles. The maximum absolute atomic E-state index is 12.7. The molecule has 2 aromatic rings. The average molecular weight is 418 g/mol. The molecular weight excluding hydrogens is 393 g/mol. The van der Waals surface area contributed by atoms with E-state index in [-0.39, 0.29) is 30.7 Å². The summed E-state index contributed by atoms with van der Waals surface area (Å²) < 4.78 is 0. The van der Waals surface area contributed by atoms with Crippen molar-refractivity contribution in [1.29, 1.82) is 0 Å². The van der Waals surface area contributed by atoms with Crippen LogP contribution in [0.2, 0.25) is 0 Å². The SMILES string of the molecule is CNCC1CCCN(C(=O)c2ccc(CSc3ncn[nH]3)cc2)C1.Cl.Cl. The number of hydrogen-bond acceptors (Lipinski definition) is 5. The summed E-state index contributed by atoms with van der Waals surface area (Å²) in [4.78, 5) is 18.8. The molecule has 3 rings (SSSR count). The summed E-state index contributed by atoms with van der Waals surface area (Å²) in [5.41, 5.74) is 1.94. The van der Waals surface area contributed by atoms with E-state index in [4.69, 9.17) is 0 Å². The fourth-order valence-electron chi connectivity index (χ4n) is 3.05. The lowest BCUT2D eigenvalue weighted by Crippen LogP contribution is -2.42. The fourth-order valence-corrected chi connectivity index (χ4v) is 3.78. The van der Waals surface area contributed by atoms with Gasteiger partial charge < -0.3 is 10.2 Å². The molecule has 1 unspecified atom stereocenters. The monoisotopic (exact) mass is 417 g/mol. The van der Waals surface area contributed by atoms with E-state index in [9.17, 15) is 4.79 Å². The van der Waals surface area contributed by atoms with Gasteiger partial charge in [-0.25, -0.2) is 4.98 Å². The Hall–Kier alpha value is -1.28. The number of hydrogen-bond donors (Lipinski definition) is 2. The largest absolute Gasteiger partial charge is 0.338 e. The molecule has 26 heavy (non-hydrogen) atoms. The number of rotatable bonds is 6. The molecule has 1 fully saturated rings. The topological polar surface area (TPSA) is 73.9 Å². The zero-order valence-electron chi connectivity index (χ0n) is 14.7. The van der Waals surface area contributed by atoms with Crippen molar-refractivity contribution >= 4 is 42.5 Å². The third-order valence-corrected chi connectivity index (χ3v) is 5.22. The zero-order valence-corrected chi connectivity index (χ0v) is 17.1. The van der Waals surface area contributed by atoms with Crippen molar-refractivity contribution < 1.29 is 4.79 Å². The molecule has 2 N–H and O–H groups in total. The van der Waals surface area contributed by atoms with Crippen molar-refractivity contribution in [2.45, 2.75) is 23.8 Å². The predicted molar refractivity (Wildman–Crippen MR) is 109 cm³/mol. The van der Waals surface area contributed by atoms with Gasteiger partial charge in [-0.2, -0.15) is 5.10 Å². The molecule has 0 aliphatic carbocycles. The molecule has 2 heterocycles. The number of benzene rings is 1. The molecule has 9 heteroatoms. The molecule has 144 valence electrons. The third kappa shape index (κ3) is 6.16. The van der Waals surface area contributed by atoms with Gasteiger partial charge in [-0.15, -0.1) is 24.8 Å². The minimum absolute atomic E-state index is 0. The number of halogens is 2. The highest BCUT2D eigenvalue weighted by Gasteiger charge is 2.23. The molecule has 0 radical (unpaired) electrons. The Bertz CT molecular complexity index is 652. The Kier molecular flexibility index (Phi) is 10.0. The van der Waals surface area contributed by atoms with Crippen molar-refractivity contribution in [2.75, 3.05) is 26.7 Å². The van der Waals surface area contributed by atoms with E-state index < -0.39 is 0 Å². The van der Waals surface area contributed by atoms with Crippen LogP contribution in [0.3, 0.4) is 0 Å². The molecular formula is C17H25Cl2N5OS. The van der Waals surface area contributed by atoms with Crippen LogP contribution in [0.1, 0.15) is 28.8 Å². The first-order valence-corrected chi connectivity index (χ1v) is 9.26. The summed E-state index contributed by atoms with van der Waals surface area (Å²) in [6, 6.07) is 7.90. The van der Waals surface area contributed by atoms with Crippen LogP contribution in [0.25, 0.3) is 0 Å². The Labute approximate surface area is 170 Å². The number of piperidine rings is 1. The standard InChI is InChI=1S/C17H23N5OS.2ClH/c1-18-9-14-3-2-8-22(10-14)16(23)15-6-4-13(5-7-15)11-24-17-19-12-20-21-17;;/h4-7,12,14,18H,2-3,8-11H2,1H3,(H,19,20,21);2*1H. The number of nitrogens with zero attached hydrogens (tertiary/aromatic N) is 3. The van der Waals surface area contributed by atoms with Crippen LogP contribution < -0.4 is 5.32 Å². The third-order valence-electron chi connectivity index (χ3n) is 4.27. The lowest BCUT2D eigenvalue weighted by atomic mass is 9.97. The first kappa shape index (κ1) is 22.8. The van der Waals surface area contributed by atoms with Gasteiger partial charge in [0.25, 0.3) is 5.91 Å². The highest BCUT2D eigenvalue weighted by atomic mass is 35.5. The van der Waals surface area contributed by atoms with Gasteiger partial charge in [0.15, 0.2) is 5.16 Å². The number of nitrogens with one attached hydrogen (secondary N) is 2. The van der Waals surface area contributed by atoms with Gasteiger partial charge in [-0.05, 0) is 50.0 Å². The Morgan fingerprint density at radius 3 is 2.77 bits per heavy atom. The number of thioether (sulfide) groups is 1. The Morgan fingerprint density at radius 2 is 2.12 bits per heavy atom. The number of carbonyl (C=O) groups is 1. The average Bonchev–Trinajstić information content (AvgIpc) is 3.14. The number of carbonyl (C=O) groups excluding carboxylic acids is 1. The molecule has 6 nitrogen and oxygen atoms in total. The molecule has 0 bridgehead atoms. The maximum atomic E-state index is 12.7. The van der Waals surface area contributed by atoms with Crippen LogP contribution in [0.5, 0.6) is 0 Å². The first-order valence-electron chi connectivity index (χ1n) is 8.27. The normalized spacial score (nSPS) is 16.5. The van der Waals surface area contributed by atoms with Gasteiger partial charge >= 0.3 is 0 Å². The molecule has 1 aromatic carbocycles. The number of likely N-dealkylation sites (tertiary alicyclic amines) is 1. The second-order valence-electron chi connectivity index (χ2n) is 6.09. The summed E-state index contributed by atoms with van der Waals surface area (Å²) >= 11 is 1.60. The summed E-state index contributed by atoms with van der Waals surface area (Å²) in [5, 5.41) is 10.7. The van der Waals surface area contributed by atoms with Crippen molar-refractivity contribution in [3.05, 3.63) is 41.7 Å². The fraction of sp³-hybridized carbons (Fsp3) is 0.471. The van der Waals surface area contributed by atoms with Crippen molar-refractivity contribution in [3.63, 3.8) is 0 Å². The van der Waals surface area contributed by atoms with E-state index in [0.717, 1.165) is 42.5 Å². The molecule has 1 aliphatic rings. The van der Waals surface area contributed by atoms with E-state index in [1.807, 2.05) is 36.2 Å². The van der Waals surface area contributed by atoms with E-state index in [1.165, 1.54) is 18.3 Å². The van der Waals surface area contributed by atoms with Crippen LogP contribution in [0, 0.1) is 5.92 Å². The second-order valence-corrected chi connectivity index (χ2v) is 7.06. The highest BCUT2D eigenvalue weighted by molar-refractivity contribution is 7.98. The van der Waals surface area contributed by atoms with Gasteiger partial charge in [-0.3, -0.25) is 9.89 Å².